The van der Waals surface area contributed by atoms with Crippen molar-refractivity contribution in [1.82, 2.24) is 9.55 Å². The molecule has 224 valence electrons. The second-order valence-electron chi connectivity index (χ2n) is 10.4. The molecule has 0 amide bonds. The van der Waals surface area contributed by atoms with Crippen LogP contribution in [0.25, 0.3) is 0 Å². The first-order valence-corrected chi connectivity index (χ1v) is 16.1. The molecule has 2 N–H and O–H groups in total. The molecule has 0 bridgehead atoms. The summed E-state index contributed by atoms with van der Waals surface area (Å²) in [4.78, 5) is 26.4. The van der Waals surface area contributed by atoms with Crippen molar-refractivity contribution in [1.29, 1.82) is 0 Å². The Morgan fingerprint density at radius 3 is 1.95 bits per heavy atom. The Bertz CT molecular complexity index is 1740. The van der Waals surface area contributed by atoms with Gasteiger partial charge in [-0.15, -0.1) is 0 Å². The summed E-state index contributed by atoms with van der Waals surface area (Å²) in [6, 6.07) is 39.0. The summed E-state index contributed by atoms with van der Waals surface area (Å²) < 4.78 is 21.3. The van der Waals surface area contributed by atoms with E-state index in [-0.39, 0.29) is 26.4 Å². The fourth-order valence-electron chi connectivity index (χ4n) is 5.64. The number of hydrogen-bond donors (Lipinski definition) is 2. The SMILES string of the molecule is COc1ccc(C(OC[C@H]2O[C@@H](n3ccc(=O)[nH]c3=O)[C@H](O)[C@H]2[Se]c2ccccc2)(c2ccccc2)c2ccccc2)cc1. The molecule has 1 fully saturated rings. The second kappa shape index (κ2) is 13.2. The van der Waals surface area contributed by atoms with Gasteiger partial charge in [-0.3, -0.25) is 0 Å². The number of aliphatic hydroxyl groups is 1. The van der Waals surface area contributed by atoms with E-state index in [1.165, 1.54) is 16.8 Å². The summed E-state index contributed by atoms with van der Waals surface area (Å²) in [6.45, 7) is 0.112. The Hall–Kier alpha value is -4.24. The van der Waals surface area contributed by atoms with Crippen molar-refractivity contribution in [3.05, 3.63) is 165 Å². The van der Waals surface area contributed by atoms with Gasteiger partial charge in [-0.1, -0.05) is 0 Å². The maximum atomic E-state index is 12.7. The summed E-state index contributed by atoms with van der Waals surface area (Å²) in [5.41, 5.74) is 0.559. The van der Waals surface area contributed by atoms with E-state index in [1.807, 2.05) is 115 Å². The first-order chi connectivity index (χ1) is 21.5. The summed E-state index contributed by atoms with van der Waals surface area (Å²) in [6.07, 6.45) is -1.22. The fraction of sp³-hybridized carbons (Fsp3) is 0.200. The third-order valence-corrected chi connectivity index (χ3v) is 10.7. The molecule has 0 radical (unpaired) electrons. The molecule has 0 unspecified atom stereocenters. The minimum absolute atomic E-state index is 0.112. The molecule has 0 saturated carbocycles. The topological polar surface area (TPSA) is 103 Å². The fourth-order valence-corrected chi connectivity index (χ4v) is 8.15. The molecular weight excluding hydrogens is 623 g/mol. The van der Waals surface area contributed by atoms with Crippen LogP contribution in [-0.4, -0.2) is 55.5 Å². The predicted octanol–water partition coefficient (Wildman–Crippen LogP) is 3.63. The predicted molar refractivity (Wildman–Crippen MR) is 169 cm³/mol. The summed E-state index contributed by atoms with van der Waals surface area (Å²) in [5.74, 6) is 0.728. The second-order valence-corrected chi connectivity index (χ2v) is 13.0. The average Bonchev–Trinajstić information content (AvgIpc) is 3.37. The number of aromatic amines is 1. The molecule has 4 atom stereocenters. The number of methoxy groups -OCH3 is 1. The van der Waals surface area contributed by atoms with E-state index in [4.69, 9.17) is 14.2 Å². The molecule has 0 aliphatic carbocycles. The van der Waals surface area contributed by atoms with Crippen LogP contribution >= 0.6 is 0 Å². The first-order valence-electron chi connectivity index (χ1n) is 14.3. The first kappa shape index (κ1) is 29.8. The molecule has 1 aliphatic rings. The van der Waals surface area contributed by atoms with Gasteiger partial charge in [0.05, 0.1) is 0 Å². The molecule has 44 heavy (non-hydrogen) atoms. The average molecular weight is 656 g/mol. The van der Waals surface area contributed by atoms with E-state index < -0.39 is 35.3 Å². The van der Waals surface area contributed by atoms with Crippen molar-refractivity contribution in [2.24, 2.45) is 0 Å². The Labute approximate surface area is 261 Å². The third kappa shape index (κ3) is 5.93. The number of nitrogens with one attached hydrogen (secondary N) is 1. The van der Waals surface area contributed by atoms with Gasteiger partial charge in [-0.2, -0.15) is 0 Å². The Kier molecular flexibility index (Phi) is 8.93. The zero-order valence-electron chi connectivity index (χ0n) is 24.0. The van der Waals surface area contributed by atoms with E-state index in [9.17, 15) is 14.7 Å². The summed E-state index contributed by atoms with van der Waals surface area (Å²) >= 11 is -0.225. The number of H-pyrrole nitrogens is 1. The van der Waals surface area contributed by atoms with E-state index in [1.54, 1.807) is 7.11 Å². The number of aliphatic hydroxyl groups excluding tert-OH is 1. The molecule has 5 aromatic rings. The molecule has 6 rings (SSSR count). The van der Waals surface area contributed by atoms with Crippen LogP contribution in [0.4, 0.5) is 0 Å². The molecular formula is C35H32N2O6Se. The number of aromatic nitrogens is 2. The van der Waals surface area contributed by atoms with Crippen LogP contribution in [0.2, 0.25) is 4.82 Å². The van der Waals surface area contributed by atoms with Crippen LogP contribution in [0.15, 0.2) is 137 Å². The minimum atomic E-state index is -1.03. The maximum absolute atomic E-state index is 12.7. The van der Waals surface area contributed by atoms with Gasteiger partial charge in [-0.25, -0.2) is 0 Å². The zero-order valence-corrected chi connectivity index (χ0v) is 25.7. The van der Waals surface area contributed by atoms with Crippen molar-refractivity contribution in [2.75, 3.05) is 13.7 Å². The van der Waals surface area contributed by atoms with Crippen LogP contribution in [0.3, 0.4) is 0 Å². The van der Waals surface area contributed by atoms with Crippen molar-refractivity contribution in [3.8, 4) is 5.75 Å². The Balaban J connectivity index is 1.42. The molecule has 9 heteroatoms. The van der Waals surface area contributed by atoms with E-state index in [0.29, 0.717) is 0 Å². The van der Waals surface area contributed by atoms with Gasteiger partial charge in [0.1, 0.15) is 0 Å². The molecule has 1 aliphatic heterocycles. The molecule has 0 spiro atoms. The summed E-state index contributed by atoms with van der Waals surface area (Å²) in [7, 11) is 1.63. The van der Waals surface area contributed by atoms with E-state index in [2.05, 4.69) is 4.98 Å². The summed E-state index contributed by atoms with van der Waals surface area (Å²) in [5, 5.41) is 11.6. The van der Waals surface area contributed by atoms with Gasteiger partial charge in [-0.05, 0) is 0 Å². The van der Waals surface area contributed by atoms with Gasteiger partial charge < -0.3 is 0 Å². The Morgan fingerprint density at radius 1 is 0.818 bits per heavy atom. The zero-order chi connectivity index (χ0) is 30.5. The number of ether oxygens (including phenoxy) is 3. The molecule has 8 nitrogen and oxygen atoms in total. The van der Waals surface area contributed by atoms with Crippen LogP contribution in [0, 0.1) is 0 Å². The normalized spacial score (nSPS) is 20.0. The standard InChI is InChI=1S/C35H32N2O6Se/c1-41-27-19-17-26(18-20-27)35(24-11-5-2-6-12-24,25-13-7-3-8-14-25)42-23-29-32(44-28-15-9-4-10-16-28)31(39)33(43-29)37-22-21-30(38)36-34(37)40/h2-22,29,31-33,39H,23H2,1H3,(H,36,38,40)/t29-,31-,32+,33-/m1/s1. The monoisotopic (exact) mass is 656 g/mol. The number of rotatable bonds is 10. The third-order valence-electron chi connectivity index (χ3n) is 7.77. The molecule has 2 heterocycles. The van der Waals surface area contributed by atoms with Gasteiger partial charge in [0.15, 0.2) is 0 Å². The van der Waals surface area contributed by atoms with E-state index in [0.717, 1.165) is 26.9 Å². The molecule has 1 aromatic heterocycles. The van der Waals surface area contributed by atoms with Crippen LogP contribution in [-0.2, 0) is 15.1 Å². The van der Waals surface area contributed by atoms with Gasteiger partial charge >= 0.3 is 262 Å². The van der Waals surface area contributed by atoms with Gasteiger partial charge in [0.25, 0.3) is 0 Å². The number of nitrogens with zero attached hydrogens (tertiary/aromatic N) is 1. The quantitative estimate of drug-likeness (QED) is 0.176. The van der Waals surface area contributed by atoms with E-state index >= 15 is 0 Å². The van der Waals surface area contributed by atoms with Crippen molar-refractivity contribution in [3.63, 3.8) is 0 Å². The van der Waals surface area contributed by atoms with Crippen molar-refractivity contribution >= 4 is 19.4 Å². The van der Waals surface area contributed by atoms with Crippen LogP contribution < -0.4 is 20.4 Å². The Morgan fingerprint density at radius 2 is 1.39 bits per heavy atom. The van der Waals surface area contributed by atoms with Crippen LogP contribution in [0.5, 0.6) is 5.75 Å². The molecule has 1 saturated heterocycles. The van der Waals surface area contributed by atoms with Crippen molar-refractivity contribution in [2.45, 2.75) is 28.9 Å². The van der Waals surface area contributed by atoms with Crippen LogP contribution in [0.1, 0.15) is 22.9 Å². The number of benzene rings is 4. The molecule has 4 aromatic carbocycles. The van der Waals surface area contributed by atoms with Gasteiger partial charge in [0.2, 0.25) is 0 Å². The number of hydrogen-bond acceptors (Lipinski definition) is 6. The van der Waals surface area contributed by atoms with Gasteiger partial charge in [0, 0.05) is 0 Å². The van der Waals surface area contributed by atoms with Crippen molar-refractivity contribution < 1.29 is 19.3 Å².